The molecule has 0 saturated carbocycles. The van der Waals surface area contributed by atoms with E-state index in [1.165, 1.54) is 5.56 Å². The second kappa shape index (κ2) is 6.97. The van der Waals surface area contributed by atoms with E-state index in [2.05, 4.69) is 5.32 Å². The molecule has 25 heavy (non-hydrogen) atoms. The molecule has 0 aromatic heterocycles. The third-order valence-corrected chi connectivity index (χ3v) is 4.49. The van der Waals surface area contributed by atoms with Gasteiger partial charge in [0, 0.05) is 24.8 Å². The number of amides is 2. The van der Waals surface area contributed by atoms with E-state index < -0.39 is 0 Å². The van der Waals surface area contributed by atoms with Crippen LogP contribution in [-0.2, 0) is 16.0 Å². The normalized spacial score (nSPS) is 12.7. The highest BCUT2D eigenvalue weighted by molar-refractivity contribution is 5.96. The van der Waals surface area contributed by atoms with Crippen LogP contribution in [0.1, 0.15) is 23.6 Å². The molecule has 0 radical (unpaired) electrons. The number of fused-ring (bicyclic) bond motifs is 1. The number of carbonyl (C=O) groups excluding carboxylic acids is 2. The SMILES string of the molecule is CC(=O)N1CCc2ccc(NC(=O)COc3ccc(C)c(C)c3)cc21. The second-order valence-corrected chi connectivity index (χ2v) is 6.35. The van der Waals surface area contributed by atoms with Crippen molar-refractivity contribution in [1.82, 2.24) is 0 Å². The number of nitrogens with one attached hydrogen (secondary N) is 1. The summed E-state index contributed by atoms with van der Waals surface area (Å²) >= 11 is 0. The maximum atomic E-state index is 12.1. The minimum absolute atomic E-state index is 0.0142. The van der Waals surface area contributed by atoms with E-state index in [-0.39, 0.29) is 18.4 Å². The van der Waals surface area contributed by atoms with Gasteiger partial charge in [0.05, 0.1) is 0 Å². The average molecular weight is 338 g/mol. The van der Waals surface area contributed by atoms with Crippen LogP contribution in [0.4, 0.5) is 11.4 Å². The quantitative estimate of drug-likeness (QED) is 0.931. The summed E-state index contributed by atoms with van der Waals surface area (Å²) < 4.78 is 5.55. The lowest BCUT2D eigenvalue weighted by Gasteiger charge is -2.16. The van der Waals surface area contributed by atoms with E-state index in [0.29, 0.717) is 18.0 Å². The predicted octanol–water partition coefficient (Wildman–Crippen LogP) is 3.23. The van der Waals surface area contributed by atoms with Gasteiger partial charge < -0.3 is 15.0 Å². The van der Waals surface area contributed by atoms with Crippen molar-refractivity contribution in [2.24, 2.45) is 0 Å². The molecule has 0 bridgehead atoms. The van der Waals surface area contributed by atoms with Crippen LogP contribution in [0.5, 0.6) is 5.75 Å². The number of ether oxygens (including phenoxy) is 1. The number of anilines is 2. The van der Waals surface area contributed by atoms with E-state index in [1.54, 1.807) is 11.8 Å². The topological polar surface area (TPSA) is 58.6 Å². The summed E-state index contributed by atoms with van der Waals surface area (Å²) in [7, 11) is 0. The predicted molar refractivity (Wildman–Crippen MR) is 98.2 cm³/mol. The fraction of sp³-hybridized carbons (Fsp3) is 0.300. The molecular formula is C20H22N2O3. The number of carbonyl (C=O) groups is 2. The highest BCUT2D eigenvalue weighted by Gasteiger charge is 2.22. The van der Waals surface area contributed by atoms with Crippen LogP contribution in [0.3, 0.4) is 0 Å². The van der Waals surface area contributed by atoms with Gasteiger partial charge in [-0.15, -0.1) is 0 Å². The first kappa shape index (κ1) is 17.0. The third kappa shape index (κ3) is 3.82. The molecule has 0 aliphatic carbocycles. The number of rotatable bonds is 4. The van der Waals surface area contributed by atoms with Crippen molar-refractivity contribution in [3.8, 4) is 5.75 Å². The van der Waals surface area contributed by atoms with Crippen molar-refractivity contribution in [2.45, 2.75) is 27.2 Å². The molecule has 1 aliphatic rings. The fourth-order valence-corrected chi connectivity index (χ4v) is 2.93. The molecule has 0 saturated heterocycles. The van der Waals surface area contributed by atoms with Gasteiger partial charge >= 0.3 is 0 Å². The largest absolute Gasteiger partial charge is 0.484 e. The van der Waals surface area contributed by atoms with Gasteiger partial charge in [-0.3, -0.25) is 9.59 Å². The number of hydrogen-bond acceptors (Lipinski definition) is 3. The molecule has 1 aliphatic heterocycles. The minimum atomic E-state index is -0.231. The highest BCUT2D eigenvalue weighted by Crippen LogP contribution is 2.30. The summed E-state index contributed by atoms with van der Waals surface area (Å²) in [5.41, 5.74) is 4.98. The van der Waals surface area contributed by atoms with E-state index in [1.807, 2.05) is 50.2 Å². The van der Waals surface area contributed by atoms with Gasteiger partial charge in [0.2, 0.25) is 5.91 Å². The fourth-order valence-electron chi connectivity index (χ4n) is 2.93. The van der Waals surface area contributed by atoms with Gasteiger partial charge in [0.1, 0.15) is 5.75 Å². The van der Waals surface area contributed by atoms with Gasteiger partial charge in [-0.1, -0.05) is 12.1 Å². The van der Waals surface area contributed by atoms with Crippen LogP contribution in [0, 0.1) is 13.8 Å². The smallest absolute Gasteiger partial charge is 0.262 e. The third-order valence-electron chi connectivity index (χ3n) is 4.49. The molecule has 1 N–H and O–H groups in total. The van der Waals surface area contributed by atoms with Crippen LogP contribution < -0.4 is 15.0 Å². The van der Waals surface area contributed by atoms with Crippen molar-refractivity contribution >= 4 is 23.2 Å². The first-order chi connectivity index (χ1) is 11.9. The van der Waals surface area contributed by atoms with Crippen molar-refractivity contribution in [2.75, 3.05) is 23.4 Å². The summed E-state index contributed by atoms with van der Waals surface area (Å²) in [4.78, 5) is 25.5. The van der Waals surface area contributed by atoms with E-state index in [0.717, 1.165) is 23.2 Å². The number of benzene rings is 2. The molecule has 0 fully saturated rings. The zero-order valence-electron chi connectivity index (χ0n) is 14.8. The molecule has 0 spiro atoms. The summed E-state index contributed by atoms with van der Waals surface area (Å²) in [6, 6.07) is 11.4. The first-order valence-corrected chi connectivity index (χ1v) is 8.35. The Balaban J connectivity index is 1.62. The molecule has 2 amide bonds. The second-order valence-electron chi connectivity index (χ2n) is 6.35. The van der Waals surface area contributed by atoms with Crippen molar-refractivity contribution in [3.05, 3.63) is 53.1 Å². The summed E-state index contributed by atoms with van der Waals surface area (Å²) in [5, 5.41) is 2.83. The Labute approximate surface area is 147 Å². The number of hydrogen-bond donors (Lipinski definition) is 1. The van der Waals surface area contributed by atoms with Crippen LogP contribution in [0.15, 0.2) is 36.4 Å². The van der Waals surface area contributed by atoms with Gasteiger partial charge in [-0.2, -0.15) is 0 Å². The Bertz CT molecular complexity index is 830. The summed E-state index contributed by atoms with van der Waals surface area (Å²) in [6.45, 7) is 6.23. The van der Waals surface area contributed by atoms with Crippen LogP contribution in [-0.4, -0.2) is 25.0 Å². The molecule has 2 aromatic rings. The molecule has 1 heterocycles. The minimum Gasteiger partial charge on any atom is -0.484 e. The van der Waals surface area contributed by atoms with Gasteiger partial charge in [0.15, 0.2) is 6.61 Å². The molecule has 3 rings (SSSR count). The molecule has 5 heteroatoms. The lowest BCUT2D eigenvalue weighted by molar-refractivity contribution is -0.118. The Morgan fingerprint density at radius 1 is 1.12 bits per heavy atom. The number of aryl methyl sites for hydroxylation is 2. The lowest BCUT2D eigenvalue weighted by atomic mass is 10.1. The average Bonchev–Trinajstić information content (AvgIpc) is 2.99. The lowest BCUT2D eigenvalue weighted by Crippen LogP contribution is -2.26. The Hall–Kier alpha value is -2.82. The maximum Gasteiger partial charge on any atom is 0.262 e. The van der Waals surface area contributed by atoms with Crippen LogP contribution in [0.2, 0.25) is 0 Å². The van der Waals surface area contributed by atoms with Crippen LogP contribution >= 0.6 is 0 Å². The van der Waals surface area contributed by atoms with Crippen molar-refractivity contribution in [3.63, 3.8) is 0 Å². The molecule has 2 aromatic carbocycles. The van der Waals surface area contributed by atoms with Gasteiger partial charge in [0.25, 0.3) is 5.91 Å². The van der Waals surface area contributed by atoms with E-state index >= 15 is 0 Å². The standard InChI is InChI=1S/C20H22N2O3/c1-13-4-7-18(10-14(13)2)25-12-20(24)21-17-6-5-16-8-9-22(15(3)23)19(16)11-17/h4-7,10-11H,8-9,12H2,1-3H3,(H,21,24). The molecule has 130 valence electrons. The molecular weight excluding hydrogens is 316 g/mol. The van der Waals surface area contributed by atoms with Gasteiger partial charge in [-0.05, 0) is 61.2 Å². The number of nitrogens with zero attached hydrogens (tertiary/aromatic N) is 1. The first-order valence-electron chi connectivity index (χ1n) is 8.35. The summed E-state index contributed by atoms with van der Waals surface area (Å²) in [6.07, 6.45) is 0.846. The zero-order valence-corrected chi connectivity index (χ0v) is 14.8. The Kier molecular flexibility index (Phi) is 4.74. The highest BCUT2D eigenvalue weighted by atomic mass is 16.5. The Morgan fingerprint density at radius 2 is 1.92 bits per heavy atom. The Morgan fingerprint density at radius 3 is 2.64 bits per heavy atom. The van der Waals surface area contributed by atoms with Gasteiger partial charge in [-0.25, -0.2) is 0 Å². The summed E-state index contributed by atoms with van der Waals surface area (Å²) in [5.74, 6) is 0.459. The van der Waals surface area contributed by atoms with Crippen molar-refractivity contribution < 1.29 is 14.3 Å². The monoisotopic (exact) mass is 338 g/mol. The van der Waals surface area contributed by atoms with E-state index in [9.17, 15) is 9.59 Å². The molecule has 0 atom stereocenters. The van der Waals surface area contributed by atoms with Crippen molar-refractivity contribution in [1.29, 1.82) is 0 Å². The van der Waals surface area contributed by atoms with Crippen LogP contribution in [0.25, 0.3) is 0 Å². The zero-order chi connectivity index (χ0) is 18.0. The molecule has 0 unspecified atom stereocenters. The maximum absolute atomic E-state index is 12.1. The van der Waals surface area contributed by atoms with E-state index in [4.69, 9.17) is 4.74 Å². The molecule has 5 nitrogen and oxygen atoms in total.